The van der Waals surface area contributed by atoms with Gasteiger partial charge in [-0.1, -0.05) is 22.6 Å². The lowest BCUT2D eigenvalue weighted by Gasteiger charge is -2.29. The Hall–Kier alpha value is -0.710. The van der Waals surface area contributed by atoms with Crippen LogP contribution in [0, 0.1) is 6.92 Å². The molecule has 0 spiro atoms. The van der Waals surface area contributed by atoms with Gasteiger partial charge < -0.3 is 14.6 Å². The molecule has 2 N–H and O–H groups in total. The molecule has 2 bridgehead atoms. The summed E-state index contributed by atoms with van der Waals surface area (Å²) in [5.74, 6) is 0. The highest BCUT2D eigenvalue weighted by atomic mass is 127. The average molecular weight is 380 g/mol. The number of alkyl halides is 1. The van der Waals surface area contributed by atoms with Gasteiger partial charge in [0, 0.05) is 11.8 Å². The topological polar surface area (TPSA) is 93.6 Å². The predicted molar refractivity (Wildman–Crippen MR) is 73.5 cm³/mol. The van der Waals surface area contributed by atoms with Crippen LogP contribution < -0.4 is 11.2 Å². The van der Waals surface area contributed by atoms with Crippen molar-refractivity contribution >= 4 is 22.6 Å². The van der Waals surface area contributed by atoms with Crippen molar-refractivity contribution in [1.29, 1.82) is 0 Å². The first-order valence-electron chi connectivity index (χ1n) is 5.85. The maximum absolute atomic E-state index is 11.9. The number of fused-ring (bicyclic) bond motifs is 2. The summed E-state index contributed by atoms with van der Waals surface area (Å²) in [6.07, 6.45) is 0.534. The minimum Gasteiger partial charge on any atom is -0.393 e. The Bertz CT molecular complexity index is 626. The van der Waals surface area contributed by atoms with Crippen LogP contribution in [0.15, 0.2) is 15.8 Å². The number of halogens is 1. The minimum atomic E-state index is -0.765. The summed E-state index contributed by atoms with van der Waals surface area (Å²) < 4.78 is 12.7. The van der Waals surface area contributed by atoms with Crippen LogP contribution in [0.2, 0.25) is 0 Å². The Labute approximate surface area is 121 Å². The second-order valence-electron chi connectivity index (χ2n) is 4.89. The number of aromatic nitrogens is 2. The van der Waals surface area contributed by atoms with Crippen molar-refractivity contribution in [2.45, 2.75) is 28.8 Å². The van der Waals surface area contributed by atoms with E-state index in [9.17, 15) is 14.7 Å². The van der Waals surface area contributed by atoms with Gasteiger partial charge in [0.1, 0.15) is 11.7 Å². The highest BCUT2D eigenvalue weighted by Gasteiger charge is 2.61. The van der Waals surface area contributed by atoms with E-state index in [1.807, 2.05) is 0 Å². The number of hydrogen-bond acceptors (Lipinski definition) is 5. The Kier molecular flexibility index (Phi) is 3.08. The number of rotatable bonds is 2. The molecule has 4 atom stereocenters. The molecule has 2 fully saturated rings. The van der Waals surface area contributed by atoms with Gasteiger partial charge in [0.2, 0.25) is 0 Å². The fraction of sp³-hybridized carbons (Fsp3) is 0.636. The van der Waals surface area contributed by atoms with Gasteiger partial charge in [-0.05, 0) is 6.92 Å². The molecule has 2 aliphatic heterocycles. The first-order chi connectivity index (χ1) is 8.98. The zero-order valence-electron chi connectivity index (χ0n) is 10.1. The highest BCUT2D eigenvalue weighted by Crippen LogP contribution is 2.48. The van der Waals surface area contributed by atoms with Crippen molar-refractivity contribution < 1.29 is 14.6 Å². The van der Waals surface area contributed by atoms with Crippen molar-refractivity contribution in [3.8, 4) is 0 Å². The van der Waals surface area contributed by atoms with Gasteiger partial charge in [-0.25, -0.2) is 4.79 Å². The molecule has 8 heteroatoms. The van der Waals surface area contributed by atoms with Crippen LogP contribution in [0.3, 0.4) is 0 Å². The molecule has 0 radical (unpaired) electrons. The van der Waals surface area contributed by atoms with Gasteiger partial charge in [0.25, 0.3) is 5.56 Å². The van der Waals surface area contributed by atoms with Crippen molar-refractivity contribution in [3.05, 3.63) is 32.6 Å². The summed E-state index contributed by atoms with van der Waals surface area (Å²) in [4.78, 5) is 25.5. The standard InChI is InChI=1S/C11H13IN2O5/c1-5-2-14(10(17)13-8(5)16)9-6-7(12)11(3-15,19-9)4-18-6/h2,6-7,9,15H,3-4H2,1H3,(H,13,16,17)/t6-,7?,9+,11-/m0/s1. The monoisotopic (exact) mass is 380 g/mol. The van der Waals surface area contributed by atoms with Crippen LogP contribution in [-0.4, -0.2) is 43.5 Å². The lowest BCUT2D eigenvalue weighted by molar-refractivity contribution is -0.184. The third kappa shape index (κ3) is 1.81. The lowest BCUT2D eigenvalue weighted by atomic mass is 10.0. The minimum absolute atomic E-state index is 0.0424. The zero-order valence-corrected chi connectivity index (χ0v) is 12.3. The molecule has 19 heavy (non-hydrogen) atoms. The molecule has 1 aromatic heterocycles. The quantitative estimate of drug-likeness (QED) is 0.523. The zero-order chi connectivity index (χ0) is 13.8. The van der Waals surface area contributed by atoms with Crippen molar-refractivity contribution in [2.24, 2.45) is 0 Å². The molecule has 0 amide bonds. The first kappa shape index (κ1) is 13.3. The number of nitrogens with one attached hydrogen (secondary N) is 1. The molecule has 7 nitrogen and oxygen atoms in total. The van der Waals surface area contributed by atoms with E-state index >= 15 is 0 Å². The Morgan fingerprint density at radius 1 is 1.63 bits per heavy atom. The second-order valence-corrected chi connectivity index (χ2v) is 6.23. The van der Waals surface area contributed by atoms with Crippen molar-refractivity contribution in [2.75, 3.05) is 13.2 Å². The summed E-state index contributed by atoms with van der Waals surface area (Å²) in [6.45, 7) is 1.77. The van der Waals surface area contributed by atoms with Crippen LogP contribution in [0.25, 0.3) is 0 Å². The molecule has 2 aliphatic rings. The SMILES string of the molecule is Cc1cn([C@@H]2O[C@@]3(CO)CO[C@H]2C3I)c(=O)[nH]c1=O. The van der Waals surface area contributed by atoms with E-state index in [1.54, 1.807) is 6.92 Å². The summed E-state index contributed by atoms with van der Waals surface area (Å²) in [6, 6.07) is 0. The van der Waals surface area contributed by atoms with Gasteiger partial charge in [-0.15, -0.1) is 0 Å². The van der Waals surface area contributed by atoms with E-state index in [4.69, 9.17) is 9.47 Å². The number of aliphatic hydroxyl groups excluding tert-OH is 1. The summed E-state index contributed by atoms with van der Waals surface area (Å²) in [7, 11) is 0. The largest absolute Gasteiger partial charge is 0.393 e. The number of aromatic amines is 1. The molecule has 1 unspecified atom stereocenters. The van der Waals surface area contributed by atoms with Crippen molar-refractivity contribution in [3.63, 3.8) is 0 Å². The van der Waals surface area contributed by atoms with Crippen LogP contribution in [0.1, 0.15) is 11.8 Å². The van der Waals surface area contributed by atoms with Gasteiger partial charge in [0.15, 0.2) is 6.23 Å². The third-order valence-corrected chi connectivity index (χ3v) is 5.48. The predicted octanol–water partition coefficient (Wildman–Crippen LogP) is -0.693. The first-order valence-corrected chi connectivity index (χ1v) is 7.09. The highest BCUT2D eigenvalue weighted by molar-refractivity contribution is 14.1. The normalized spacial score (nSPS) is 36.9. The lowest BCUT2D eigenvalue weighted by Crippen LogP contribution is -2.43. The van der Waals surface area contributed by atoms with E-state index in [0.29, 0.717) is 12.2 Å². The van der Waals surface area contributed by atoms with Gasteiger partial charge in [0.05, 0.1) is 17.1 Å². The summed E-state index contributed by atoms with van der Waals surface area (Å²) in [5, 5.41) is 9.49. The van der Waals surface area contributed by atoms with Crippen molar-refractivity contribution in [1.82, 2.24) is 9.55 Å². The molecule has 0 aliphatic carbocycles. The molecular weight excluding hydrogens is 367 g/mol. The number of H-pyrrole nitrogens is 1. The fourth-order valence-electron chi connectivity index (χ4n) is 2.49. The Balaban J connectivity index is 2.04. The average Bonchev–Trinajstić information content (AvgIpc) is 2.85. The van der Waals surface area contributed by atoms with E-state index in [0.717, 1.165) is 0 Å². The molecular formula is C11H13IN2O5. The second kappa shape index (κ2) is 4.40. The maximum Gasteiger partial charge on any atom is 0.330 e. The molecule has 1 aromatic rings. The molecule has 0 saturated carbocycles. The molecule has 3 rings (SSSR count). The smallest absolute Gasteiger partial charge is 0.330 e. The van der Waals surface area contributed by atoms with E-state index in [-0.39, 0.29) is 16.6 Å². The van der Waals surface area contributed by atoms with E-state index < -0.39 is 23.1 Å². The van der Waals surface area contributed by atoms with E-state index in [1.165, 1.54) is 10.8 Å². The molecule has 3 heterocycles. The molecule has 0 aromatic carbocycles. The van der Waals surface area contributed by atoms with Crippen LogP contribution in [0.5, 0.6) is 0 Å². The third-order valence-electron chi connectivity index (χ3n) is 3.64. The van der Waals surface area contributed by atoms with Crippen LogP contribution >= 0.6 is 22.6 Å². The van der Waals surface area contributed by atoms with Gasteiger partial charge in [-0.3, -0.25) is 14.3 Å². The molecule has 104 valence electrons. The molecule has 2 saturated heterocycles. The summed E-state index contributed by atoms with van der Waals surface area (Å²) in [5.41, 5.74) is -1.28. The number of ether oxygens (including phenoxy) is 2. The van der Waals surface area contributed by atoms with E-state index in [2.05, 4.69) is 27.6 Å². The number of aliphatic hydroxyl groups is 1. The van der Waals surface area contributed by atoms with Crippen LogP contribution in [-0.2, 0) is 9.47 Å². The fourth-order valence-corrected chi connectivity index (χ4v) is 3.58. The van der Waals surface area contributed by atoms with Gasteiger partial charge >= 0.3 is 5.69 Å². The maximum atomic E-state index is 11.9. The Morgan fingerprint density at radius 2 is 2.37 bits per heavy atom. The number of nitrogens with zero attached hydrogens (tertiary/aromatic N) is 1. The van der Waals surface area contributed by atoms with Gasteiger partial charge in [-0.2, -0.15) is 0 Å². The Morgan fingerprint density at radius 3 is 3.00 bits per heavy atom. The van der Waals surface area contributed by atoms with Crippen LogP contribution in [0.4, 0.5) is 0 Å². The summed E-state index contributed by atoms with van der Waals surface area (Å²) >= 11 is 2.17. The number of hydrogen-bond donors (Lipinski definition) is 2. The number of aryl methyl sites for hydroxylation is 1.